The summed E-state index contributed by atoms with van der Waals surface area (Å²) in [6.45, 7) is -0.444. The van der Waals surface area contributed by atoms with E-state index in [1.54, 1.807) is 24.3 Å². The quantitative estimate of drug-likeness (QED) is 0.550. The molecule has 1 saturated heterocycles. The number of thioether (sulfide) groups is 1. The van der Waals surface area contributed by atoms with Gasteiger partial charge in [0.05, 0.1) is 38.4 Å². The van der Waals surface area contributed by atoms with Gasteiger partial charge < -0.3 is 24.3 Å². The van der Waals surface area contributed by atoms with Gasteiger partial charge in [-0.05, 0) is 53.7 Å². The van der Waals surface area contributed by atoms with E-state index in [9.17, 15) is 14.4 Å². The maximum atomic E-state index is 12.8. The number of halogens is 1. The highest BCUT2D eigenvalue weighted by Crippen LogP contribution is 2.40. The number of carbonyl (C=O) groups excluding carboxylic acids is 3. The highest BCUT2D eigenvalue weighted by Gasteiger charge is 2.36. The molecular formula is C22H21ClN2O7S. The van der Waals surface area contributed by atoms with Crippen molar-refractivity contribution in [3.05, 3.63) is 45.8 Å². The second-order valence-electron chi connectivity index (χ2n) is 6.62. The van der Waals surface area contributed by atoms with Gasteiger partial charge in [-0.25, -0.2) is 0 Å². The number of methoxy groups -OCH3 is 4. The second kappa shape index (κ2) is 10.5. The SMILES string of the molecule is COc1ccc(NC(=O)CN2C(=O)SC(=Cc3cc(OC)c(OC)c(OC)c3)C2=O)cc1Cl. The first-order valence-electron chi connectivity index (χ1n) is 9.50. The number of anilines is 1. The maximum Gasteiger partial charge on any atom is 0.294 e. The van der Waals surface area contributed by atoms with Crippen molar-refractivity contribution < 1.29 is 33.3 Å². The van der Waals surface area contributed by atoms with Crippen LogP contribution in [0.5, 0.6) is 23.0 Å². The monoisotopic (exact) mass is 492 g/mol. The topological polar surface area (TPSA) is 103 Å². The Bertz CT molecular complexity index is 1110. The molecule has 9 nitrogen and oxygen atoms in total. The van der Waals surface area contributed by atoms with Crippen molar-refractivity contribution in [1.82, 2.24) is 4.90 Å². The number of benzene rings is 2. The van der Waals surface area contributed by atoms with Gasteiger partial charge >= 0.3 is 0 Å². The van der Waals surface area contributed by atoms with E-state index in [4.69, 9.17) is 30.5 Å². The van der Waals surface area contributed by atoms with Gasteiger partial charge in [0.2, 0.25) is 11.7 Å². The summed E-state index contributed by atoms with van der Waals surface area (Å²) in [7, 11) is 5.91. The molecule has 0 spiro atoms. The van der Waals surface area contributed by atoms with Crippen LogP contribution in [0.3, 0.4) is 0 Å². The van der Waals surface area contributed by atoms with Crippen molar-refractivity contribution in [2.24, 2.45) is 0 Å². The normalized spacial score (nSPS) is 14.5. The lowest BCUT2D eigenvalue weighted by molar-refractivity contribution is -0.127. The number of hydrogen-bond donors (Lipinski definition) is 1. The summed E-state index contributed by atoms with van der Waals surface area (Å²) in [5.41, 5.74) is 0.970. The zero-order valence-corrected chi connectivity index (χ0v) is 19.8. The Morgan fingerprint density at radius 1 is 1.00 bits per heavy atom. The number of hydrogen-bond acceptors (Lipinski definition) is 8. The summed E-state index contributed by atoms with van der Waals surface area (Å²) in [5, 5.41) is 2.37. The van der Waals surface area contributed by atoms with Gasteiger partial charge in [-0.3, -0.25) is 19.3 Å². The first-order chi connectivity index (χ1) is 15.8. The average molecular weight is 493 g/mol. The lowest BCUT2D eigenvalue weighted by atomic mass is 10.1. The van der Waals surface area contributed by atoms with E-state index < -0.39 is 23.6 Å². The molecule has 0 bridgehead atoms. The van der Waals surface area contributed by atoms with Crippen LogP contribution >= 0.6 is 23.4 Å². The molecule has 11 heteroatoms. The smallest absolute Gasteiger partial charge is 0.294 e. The lowest BCUT2D eigenvalue weighted by Crippen LogP contribution is -2.36. The van der Waals surface area contributed by atoms with Gasteiger partial charge in [0.1, 0.15) is 12.3 Å². The van der Waals surface area contributed by atoms with Crippen LogP contribution in [-0.4, -0.2) is 56.9 Å². The predicted molar refractivity (Wildman–Crippen MR) is 125 cm³/mol. The third kappa shape index (κ3) is 5.35. The Labute approximate surface area is 199 Å². The van der Waals surface area contributed by atoms with Gasteiger partial charge in [-0.2, -0.15) is 0 Å². The number of carbonyl (C=O) groups is 3. The molecule has 0 aliphatic carbocycles. The number of rotatable bonds is 8. The molecule has 0 radical (unpaired) electrons. The number of imide groups is 1. The molecule has 1 aliphatic rings. The van der Waals surface area contributed by atoms with Crippen LogP contribution in [0.1, 0.15) is 5.56 Å². The molecule has 1 aliphatic heterocycles. The summed E-state index contributed by atoms with van der Waals surface area (Å²) < 4.78 is 21.0. The van der Waals surface area contributed by atoms with Crippen molar-refractivity contribution in [2.75, 3.05) is 40.3 Å². The highest BCUT2D eigenvalue weighted by atomic mass is 35.5. The molecule has 3 amide bonds. The predicted octanol–water partition coefficient (Wildman–Crippen LogP) is 4.05. The van der Waals surface area contributed by atoms with Crippen molar-refractivity contribution >= 4 is 52.2 Å². The Morgan fingerprint density at radius 3 is 2.18 bits per heavy atom. The van der Waals surface area contributed by atoms with Crippen molar-refractivity contribution in [3.63, 3.8) is 0 Å². The van der Waals surface area contributed by atoms with E-state index in [0.29, 0.717) is 39.3 Å². The van der Waals surface area contributed by atoms with E-state index in [1.807, 2.05) is 0 Å². The van der Waals surface area contributed by atoms with Crippen molar-refractivity contribution in [1.29, 1.82) is 0 Å². The minimum Gasteiger partial charge on any atom is -0.495 e. The molecular weight excluding hydrogens is 472 g/mol. The van der Waals surface area contributed by atoms with Crippen molar-refractivity contribution in [3.8, 4) is 23.0 Å². The van der Waals surface area contributed by atoms with E-state index in [1.165, 1.54) is 40.6 Å². The third-order valence-corrected chi connectivity index (χ3v) is 5.80. The highest BCUT2D eigenvalue weighted by molar-refractivity contribution is 8.18. The van der Waals surface area contributed by atoms with E-state index in [-0.39, 0.29) is 4.91 Å². The standard InChI is InChI=1S/C22H21ClN2O7S/c1-29-15-6-5-13(10-14(15)23)24-19(26)11-25-21(27)18(33-22(25)28)9-12-7-16(30-2)20(32-4)17(8-12)31-3/h5-10H,11H2,1-4H3,(H,24,26). The molecule has 2 aromatic carbocycles. The van der Waals surface area contributed by atoms with E-state index >= 15 is 0 Å². The number of ether oxygens (including phenoxy) is 4. The average Bonchev–Trinajstić information content (AvgIpc) is 3.05. The molecule has 0 unspecified atom stereocenters. The van der Waals surface area contributed by atoms with E-state index in [2.05, 4.69) is 5.32 Å². The minimum absolute atomic E-state index is 0.162. The van der Waals surface area contributed by atoms with Crippen LogP contribution in [0, 0.1) is 0 Å². The summed E-state index contributed by atoms with van der Waals surface area (Å²) in [6.07, 6.45) is 1.52. The van der Waals surface area contributed by atoms with Gasteiger partial charge in [-0.15, -0.1) is 0 Å². The van der Waals surface area contributed by atoms with Crippen LogP contribution in [0.15, 0.2) is 35.2 Å². The van der Waals surface area contributed by atoms with Crippen LogP contribution in [0.2, 0.25) is 5.02 Å². The Balaban J connectivity index is 1.76. The zero-order chi connectivity index (χ0) is 24.1. The summed E-state index contributed by atoms with van der Waals surface area (Å²) in [5.74, 6) is 0.534. The Morgan fingerprint density at radius 2 is 1.64 bits per heavy atom. The largest absolute Gasteiger partial charge is 0.495 e. The first kappa shape index (κ1) is 24.3. The van der Waals surface area contributed by atoms with Crippen LogP contribution < -0.4 is 24.3 Å². The third-order valence-electron chi connectivity index (χ3n) is 4.60. The lowest BCUT2D eigenvalue weighted by Gasteiger charge is -2.13. The maximum absolute atomic E-state index is 12.8. The molecule has 33 heavy (non-hydrogen) atoms. The van der Waals surface area contributed by atoms with Crippen LogP contribution in [0.25, 0.3) is 6.08 Å². The van der Waals surface area contributed by atoms with Crippen molar-refractivity contribution in [2.45, 2.75) is 0 Å². The molecule has 1 N–H and O–H groups in total. The minimum atomic E-state index is -0.582. The molecule has 0 aromatic heterocycles. The van der Waals surface area contributed by atoms with Gasteiger partial charge in [0.25, 0.3) is 11.1 Å². The fourth-order valence-corrected chi connectivity index (χ4v) is 4.16. The summed E-state index contributed by atoms with van der Waals surface area (Å²) >= 11 is 6.79. The molecule has 174 valence electrons. The fourth-order valence-electron chi connectivity index (χ4n) is 3.06. The molecule has 1 heterocycles. The molecule has 2 aromatic rings. The van der Waals surface area contributed by atoms with Crippen LogP contribution in [-0.2, 0) is 9.59 Å². The molecule has 1 fully saturated rings. The zero-order valence-electron chi connectivity index (χ0n) is 18.3. The molecule has 0 atom stereocenters. The van der Waals surface area contributed by atoms with E-state index in [0.717, 1.165) is 16.7 Å². The Kier molecular flexibility index (Phi) is 7.72. The molecule has 0 saturated carbocycles. The van der Waals surface area contributed by atoms with Gasteiger partial charge in [0, 0.05) is 5.69 Å². The fraction of sp³-hybridized carbons (Fsp3) is 0.227. The Hall–Kier alpha value is -3.37. The number of nitrogens with zero attached hydrogens (tertiary/aromatic N) is 1. The molecule has 3 rings (SSSR count). The first-order valence-corrected chi connectivity index (χ1v) is 10.7. The summed E-state index contributed by atoms with van der Waals surface area (Å²) in [6, 6.07) is 8.00. The second-order valence-corrected chi connectivity index (χ2v) is 8.02. The van der Waals surface area contributed by atoms with Gasteiger partial charge in [-0.1, -0.05) is 11.6 Å². The number of amides is 3. The van der Waals surface area contributed by atoms with Gasteiger partial charge in [0.15, 0.2) is 11.5 Å². The summed E-state index contributed by atoms with van der Waals surface area (Å²) in [4.78, 5) is 38.6. The van der Waals surface area contributed by atoms with Crippen LogP contribution in [0.4, 0.5) is 10.5 Å². The number of nitrogens with one attached hydrogen (secondary N) is 1.